The van der Waals surface area contributed by atoms with Gasteiger partial charge in [-0.15, -0.1) is 0 Å². The predicted octanol–water partition coefficient (Wildman–Crippen LogP) is 2.08. The Balaban J connectivity index is 1.55. The van der Waals surface area contributed by atoms with Crippen LogP contribution in [0.15, 0.2) is 0 Å². The first kappa shape index (κ1) is 14.1. The predicted molar refractivity (Wildman–Crippen MR) is 77.0 cm³/mol. The molecular formula is C16H26N2O2. The molecule has 3 rings (SSSR count). The van der Waals surface area contributed by atoms with Gasteiger partial charge in [0.05, 0.1) is 12.5 Å². The van der Waals surface area contributed by atoms with Crippen molar-refractivity contribution >= 4 is 11.8 Å². The Morgan fingerprint density at radius 1 is 1.10 bits per heavy atom. The van der Waals surface area contributed by atoms with Crippen molar-refractivity contribution in [1.29, 1.82) is 0 Å². The first-order valence-electron chi connectivity index (χ1n) is 8.26. The topological polar surface area (TPSA) is 49.4 Å². The number of imide groups is 1. The molecule has 0 aromatic heterocycles. The molecule has 0 radical (unpaired) electrons. The molecule has 0 spiro atoms. The molecule has 0 aromatic carbocycles. The SMILES string of the molecule is CC1CCCC1CNC1CC(=O)N(C2CCCC2)C1=O. The van der Waals surface area contributed by atoms with Gasteiger partial charge in [-0.1, -0.05) is 32.6 Å². The van der Waals surface area contributed by atoms with Crippen molar-refractivity contribution < 1.29 is 9.59 Å². The Labute approximate surface area is 121 Å². The lowest BCUT2D eigenvalue weighted by atomic mass is 9.98. The summed E-state index contributed by atoms with van der Waals surface area (Å²) in [4.78, 5) is 26.1. The van der Waals surface area contributed by atoms with Gasteiger partial charge in [0.1, 0.15) is 0 Å². The minimum absolute atomic E-state index is 0.0348. The van der Waals surface area contributed by atoms with Crippen LogP contribution < -0.4 is 5.32 Å². The van der Waals surface area contributed by atoms with Crippen LogP contribution in [0.4, 0.5) is 0 Å². The molecule has 1 N–H and O–H groups in total. The standard InChI is InChI=1S/C16H26N2O2/c1-11-5-4-6-12(11)10-17-14-9-15(19)18(16(14)20)13-7-2-3-8-13/h11-14,17H,2-10H2,1H3. The van der Waals surface area contributed by atoms with Gasteiger partial charge in [0, 0.05) is 6.04 Å². The van der Waals surface area contributed by atoms with Crippen LogP contribution in [0.5, 0.6) is 0 Å². The Morgan fingerprint density at radius 2 is 1.85 bits per heavy atom. The summed E-state index contributed by atoms with van der Waals surface area (Å²) in [5.41, 5.74) is 0. The number of hydrogen-bond donors (Lipinski definition) is 1. The van der Waals surface area contributed by atoms with Gasteiger partial charge in [-0.3, -0.25) is 14.5 Å². The Morgan fingerprint density at radius 3 is 2.50 bits per heavy atom. The number of amides is 2. The number of likely N-dealkylation sites (tertiary alicyclic amines) is 1. The van der Waals surface area contributed by atoms with Crippen molar-refractivity contribution in [2.75, 3.05) is 6.54 Å². The highest BCUT2D eigenvalue weighted by Gasteiger charge is 2.43. The second-order valence-corrected chi connectivity index (χ2v) is 6.87. The second kappa shape index (κ2) is 5.84. The van der Waals surface area contributed by atoms with Crippen molar-refractivity contribution in [2.24, 2.45) is 11.8 Å². The quantitative estimate of drug-likeness (QED) is 0.801. The van der Waals surface area contributed by atoms with Gasteiger partial charge in [0.15, 0.2) is 0 Å². The van der Waals surface area contributed by atoms with Crippen LogP contribution in [-0.4, -0.2) is 35.3 Å². The number of carbonyl (C=O) groups is 2. The maximum Gasteiger partial charge on any atom is 0.247 e. The van der Waals surface area contributed by atoms with E-state index < -0.39 is 0 Å². The summed E-state index contributed by atoms with van der Waals surface area (Å²) in [5, 5.41) is 3.38. The molecule has 112 valence electrons. The van der Waals surface area contributed by atoms with Crippen molar-refractivity contribution in [1.82, 2.24) is 10.2 Å². The lowest BCUT2D eigenvalue weighted by molar-refractivity contribution is -0.141. The Bertz CT molecular complexity index is 390. The van der Waals surface area contributed by atoms with Gasteiger partial charge >= 0.3 is 0 Å². The zero-order valence-corrected chi connectivity index (χ0v) is 12.4. The van der Waals surface area contributed by atoms with Crippen LogP contribution in [-0.2, 0) is 9.59 Å². The second-order valence-electron chi connectivity index (χ2n) is 6.87. The molecular weight excluding hydrogens is 252 g/mol. The van der Waals surface area contributed by atoms with E-state index in [9.17, 15) is 9.59 Å². The highest BCUT2D eigenvalue weighted by Crippen LogP contribution is 2.31. The van der Waals surface area contributed by atoms with Gasteiger partial charge in [-0.25, -0.2) is 0 Å². The fourth-order valence-corrected chi connectivity index (χ4v) is 4.18. The average molecular weight is 278 g/mol. The number of rotatable bonds is 4. The van der Waals surface area contributed by atoms with Crippen LogP contribution in [0.1, 0.15) is 58.3 Å². The van der Waals surface area contributed by atoms with Crippen molar-refractivity contribution in [3.63, 3.8) is 0 Å². The monoisotopic (exact) mass is 278 g/mol. The summed E-state index contributed by atoms with van der Waals surface area (Å²) in [6.45, 7) is 3.19. The number of nitrogens with one attached hydrogen (secondary N) is 1. The molecule has 4 heteroatoms. The third-order valence-electron chi connectivity index (χ3n) is 5.54. The van der Waals surface area contributed by atoms with E-state index in [0.717, 1.165) is 38.1 Å². The lowest BCUT2D eigenvalue weighted by Gasteiger charge is -2.23. The largest absolute Gasteiger partial charge is 0.305 e. The van der Waals surface area contributed by atoms with E-state index in [1.807, 2.05) is 0 Å². The molecule has 2 amide bonds. The molecule has 3 aliphatic rings. The van der Waals surface area contributed by atoms with Crippen LogP contribution in [0.25, 0.3) is 0 Å². The van der Waals surface area contributed by atoms with Crippen molar-refractivity contribution in [3.8, 4) is 0 Å². The summed E-state index contributed by atoms with van der Waals surface area (Å²) in [6, 6.07) is -0.0666. The third kappa shape index (κ3) is 2.62. The minimum Gasteiger partial charge on any atom is -0.305 e. The molecule has 2 saturated carbocycles. The van der Waals surface area contributed by atoms with Gasteiger partial charge in [0.2, 0.25) is 11.8 Å². The molecule has 3 atom stereocenters. The maximum absolute atomic E-state index is 12.4. The first-order chi connectivity index (χ1) is 9.66. The fraction of sp³-hybridized carbons (Fsp3) is 0.875. The molecule has 3 fully saturated rings. The number of hydrogen-bond acceptors (Lipinski definition) is 3. The van der Waals surface area contributed by atoms with Crippen molar-refractivity contribution in [3.05, 3.63) is 0 Å². The zero-order chi connectivity index (χ0) is 14.1. The van der Waals surface area contributed by atoms with E-state index in [4.69, 9.17) is 0 Å². The van der Waals surface area contributed by atoms with Crippen LogP contribution in [0, 0.1) is 11.8 Å². The molecule has 2 aliphatic carbocycles. The summed E-state index contributed by atoms with van der Waals surface area (Å²) in [6.07, 6.45) is 8.55. The number of carbonyl (C=O) groups excluding carboxylic acids is 2. The van der Waals surface area contributed by atoms with E-state index in [-0.39, 0.29) is 23.9 Å². The summed E-state index contributed by atoms with van der Waals surface area (Å²) < 4.78 is 0. The molecule has 0 aromatic rings. The van der Waals surface area contributed by atoms with Gasteiger partial charge < -0.3 is 5.32 Å². The molecule has 20 heavy (non-hydrogen) atoms. The highest BCUT2D eigenvalue weighted by atomic mass is 16.2. The maximum atomic E-state index is 12.4. The van der Waals surface area contributed by atoms with Crippen LogP contribution >= 0.6 is 0 Å². The van der Waals surface area contributed by atoms with E-state index in [2.05, 4.69) is 12.2 Å². The molecule has 1 aliphatic heterocycles. The van der Waals surface area contributed by atoms with E-state index >= 15 is 0 Å². The number of nitrogens with zero attached hydrogens (tertiary/aromatic N) is 1. The van der Waals surface area contributed by atoms with Gasteiger partial charge in [-0.2, -0.15) is 0 Å². The van der Waals surface area contributed by atoms with E-state index in [1.165, 1.54) is 19.3 Å². The summed E-state index contributed by atoms with van der Waals surface area (Å²) in [5.74, 6) is 1.51. The Hall–Kier alpha value is -0.900. The lowest BCUT2D eigenvalue weighted by Crippen LogP contribution is -2.44. The van der Waals surface area contributed by atoms with Gasteiger partial charge in [0.25, 0.3) is 0 Å². The summed E-state index contributed by atoms with van der Waals surface area (Å²) in [7, 11) is 0. The molecule has 1 saturated heterocycles. The fourth-order valence-electron chi connectivity index (χ4n) is 4.18. The van der Waals surface area contributed by atoms with Crippen molar-refractivity contribution in [2.45, 2.75) is 70.4 Å². The van der Waals surface area contributed by atoms with E-state index in [0.29, 0.717) is 12.3 Å². The van der Waals surface area contributed by atoms with E-state index in [1.54, 1.807) is 4.90 Å². The molecule has 3 unspecified atom stereocenters. The average Bonchev–Trinajstić information content (AvgIpc) is 3.10. The molecule has 4 nitrogen and oxygen atoms in total. The molecule has 1 heterocycles. The van der Waals surface area contributed by atoms with Gasteiger partial charge in [-0.05, 0) is 37.6 Å². The smallest absolute Gasteiger partial charge is 0.247 e. The summed E-state index contributed by atoms with van der Waals surface area (Å²) >= 11 is 0. The highest BCUT2D eigenvalue weighted by molar-refractivity contribution is 6.05. The van der Waals surface area contributed by atoms with Crippen LogP contribution in [0.2, 0.25) is 0 Å². The third-order valence-corrected chi connectivity index (χ3v) is 5.54. The Kier molecular flexibility index (Phi) is 4.11. The first-order valence-corrected chi connectivity index (χ1v) is 8.26. The minimum atomic E-state index is -0.254. The zero-order valence-electron chi connectivity index (χ0n) is 12.4. The van der Waals surface area contributed by atoms with Crippen LogP contribution in [0.3, 0.4) is 0 Å². The normalized spacial score (nSPS) is 35.5. The molecule has 0 bridgehead atoms.